The normalized spacial score (nSPS) is 23.3. The van der Waals surface area contributed by atoms with Gasteiger partial charge in [-0.2, -0.15) is 0 Å². The second-order valence-corrected chi connectivity index (χ2v) is 6.74. The number of hydrogen-bond donors (Lipinski definition) is 2. The van der Waals surface area contributed by atoms with E-state index in [4.69, 9.17) is 0 Å². The predicted molar refractivity (Wildman–Crippen MR) is 90.2 cm³/mol. The Morgan fingerprint density at radius 2 is 2.00 bits per heavy atom. The van der Waals surface area contributed by atoms with Crippen LogP contribution in [0.4, 0.5) is 5.69 Å². The van der Waals surface area contributed by atoms with E-state index in [1.807, 2.05) is 38.1 Å². The molecule has 2 N–H and O–H groups in total. The van der Waals surface area contributed by atoms with Crippen LogP contribution in [0.3, 0.4) is 0 Å². The third kappa shape index (κ3) is 3.39. The van der Waals surface area contributed by atoms with Gasteiger partial charge in [0, 0.05) is 18.2 Å². The Labute approximate surface area is 137 Å². The molecule has 2 aliphatic heterocycles. The van der Waals surface area contributed by atoms with E-state index in [1.165, 1.54) is 5.56 Å². The molecule has 2 unspecified atom stereocenters. The monoisotopic (exact) mass is 315 g/mol. The molecule has 0 spiro atoms. The number of aryl methyl sites for hydroxylation is 1. The topological polar surface area (TPSA) is 61.4 Å². The Kier molecular flexibility index (Phi) is 4.66. The van der Waals surface area contributed by atoms with Crippen molar-refractivity contribution in [1.82, 2.24) is 10.6 Å². The summed E-state index contributed by atoms with van der Waals surface area (Å²) in [6.07, 6.45) is 1.63. The lowest BCUT2D eigenvalue weighted by Crippen LogP contribution is -2.56. The van der Waals surface area contributed by atoms with E-state index in [9.17, 15) is 9.59 Å². The van der Waals surface area contributed by atoms with E-state index in [0.29, 0.717) is 5.92 Å². The van der Waals surface area contributed by atoms with Gasteiger partial charge in [-0.3, -0.25) is 9.59 Å². The van der Waals surface area contributed by atoms with Crippen LogP contribution in [0.1, 0.15) is 25.3 Å². The van der Waals surface area contributed by atoms with Gasteiger partial charge in [-0.15, -0.1) is 0 Å². The highest BCUT2D eigenvalue weighted by Gasteiger charge is 2.34. The molecule has 1 aromatic rings. The fourth-order valence-electron chi connectivity index (χ4n) is 3.17. The van der Waals surface area contributed by atoms with Gasteiger partial charge >= 0.3 is 0 Å². The molecule has 2 atom stereocenters. The Bertz CT molecular complexity index is 580. The van der Waals surface area contributed by atoms with Gasteiger partial charge in [-0.1, -0.05) is 24.6 Å². The van der Waals surface area contributed by atoms with Crippen LogP contribution in [0.2, 0.25) is 0 Å². The second-order valence-electron chi connectivity index (χ2n) is 6.74. The molecule has 5 nitrogen and oxygen atoms in total. The maximum atomic E-state index is 12.7. The third-order valence-electron chi connectivity index (χ3n) is 5.03. The minimum absolute atomic E-state index is 0.000561. The van der Waals surface area contributed by atoms with Crippen molar-refractivity contribution in [3.05, 3.63) is 29.8 Å². The highest BCUT2D eigenvalue weighted by molar-refractivity contribution is 6.00. The quantitative estimate of drug-likeness (QED) is 0.884. The highest BCUT2D eigenvalue weighted by atomic mass is 16.2. The molecular formula is C18H25N3O2. The molecule has 124 valence electrons. The Balaban J connectivity index is 1.64. The molecule has 0 radical (unpaired) electrons. The molecule has 5 heteroatoms. The molecule has 2 amide bonds. The zero-order chi connectivity index (χ0) is 16.4. The number of carbonyl (C=O) groups excluding carboxylic acids is 2. The van der Waals surface area contributed by atoms with Crippen molar-refractivity contribution in [3.63, 3.8) is 0 Å². The standard InChI is InChI=1S/C18H25N3O2/c1-12-5-7-15(8-6-12)21-9-3-4-16(18(21)23)20-17(22)13(2)14-10-19-11-14/h5-8,13-14,16,19H,3-4,9-11H2,1-2H3,(H,20,22). The number of amides is 2. The van der Waals surface area contributed by atoms with E-state index < -0.39 is 6.04 Å². The Morgan fingerprint density at radius 1 is 1.30 bits per heavy atom. The number of nitrogens with zero attached hydrogens (tertiary/aromatic N) is 1. The van der Waals surface area contributed by atoms with Crippen molar-refractivity contribution < 1.29 is 9.59 Å². The largest absolute Gasteiger partial charge is 0.344 e. The lowest BCUT2D eigenvalue weighted by atomic mass is 9.88. The molecule has 2 aliphatic rings. The number of anilines is 1. The summed E-state index contributed by atoms with van der Waals surface area (Å²) < 4.78 is 0. The lowest BCUT2D eigenvalue weighted by molar-refractivity contribution is -0.132. The molecule has 0 bridgehead atoms. The third-order valence-corrected chi connectivity index (χ3v) is 5.03. The molecule has 2 fully saturated rings. The summed E-state index contributed by atoms with van der Waals surface area (Å²) in [5, 5.41) is 6.16. The first-order valence-electron chi connectivity index (χ1n) is 8.45. The molecule has 0 saturated carbocycles. The first-order chi connectivity index (χ1) is 11.1. The maximum absolute atomic E-state index is 12.7. The van der Waals surface area contributed by atoms with E-state index >= 15 is 0 Å². The summed E-state index contributed by atoms with van der Waals surface area (Å²) >= 11 is 0. The van der Waals surface area contributed by atoms with Gasteiger partial charge in [0.15, 0.2) is 0 Å². The van der Waals surface area contributed by atoms with Crippen LogP contribution in [-0.2, 0) is 9.59 Å². The van der Waals surface area contributed by atoms with Gasteiger partial charge < -0.3 is 15.5 Å². The van der Waals surface area contributed by atoms with Crippen molar-refractivity contribution >= 4 is 17.5 Å². The van der Waals surface area contributed by atoms with Gasteiger partial charge in [0.2, 0.25) is 11.8 Å². The number of nitrogens with one attached hydrogen (secondary N) is 2. The van der Waals surface area contributed by atoms with Crippen LogP contribution in [0.15, 0.2) is 24.3 Å². The summed E-state index contributed by atoms with van der Waals surface area (Å²) in [6, 6.07) is 7.57. The summed E-state index contributed by atoms with van der Waals surface area (Å²) in [5.74, 6) is 0.355. The summed E-state index contributed by atoms with van der Waals surface area (Å²) in [7, 11) is 0. The van der Waals surface area contributed by atoms with E-state index in [0.717, 1.165) is 38.2 Å². The molecular weight excluding hydrogens is 290 g/mol. The smallest absolute Gasteiger partial charge is 0.249 e. The zero-order valence-electron chi connectivity index (χ0n) is 13.8. The van der Waals surface area contributed by atoms with Crippen LogP contribution >= 0.6 is 0 Å². The van der Waals surface area contributed by atoms with Gasteiger partial charge in [0.05, 0.1) is 0 Å². The zero-order valence-corrected chi connectivity index (χ0v) is 13.8. The fraction of sp³-hybridized carbons (Fsp3) is 0.556. The van der Waals surface area contributed by atoms with Crippen LogP contribution < -0.4 is 15.5 Å². The van der Waals surface area contributed by atoms with Crippen LogP contribution in [0.5, 0.6) is 0 Å². The van der Waals surface area contributed by atoms with Crippen molar-refractivity contribution in [2.75, 3.05) is 24.5 Å². The minimum Gasteiger partial charge on any atom is -0.344 e. The number of hydrogen-bond acceptors (Lipinski definition) is 3. The Morgan fingerprint density at radius 3 is 2.61 bits per heavy atom. The predicted octanol–water partition coefficient (Wildman–Crippen LogP) is 1.46. The lowest BCUT2D eigenvalue weighted by Gasteiger charge is -2.35. The average Bonchev–Trinajstić information content (AvgIpc) is 2.48. The highest BCUT2D eigenvalue weighted by Crippen LogP contribution is 2.22. The molecule has 2 saturated heterocycles. The van der Waals surface area contributed by atoms with Gasteiger partial charge in [-0.25, -0.2) is 0 Å². The van der Waals surface area contributed by atoms with Crippen molar-refractivity contribution in [1.29, 1.82) is 0 Å². The van der Waals surface area contributed by atoms with Crippen LogP contribution in [-0.4, -0.2) is 37.5 Å². The number of carbonyl (C=O) groups is 2. The molecule has 23 heavy (non-hydrogen) atoms. The molecule has 0 aromatic heterocycles. The van der Waals surface area contributed by atoms with Crippen LogP contribution in [0, 0.1) is 18.8 Å². The minimum atomic E-state index is -0.395. The second kappa shape index (κ2) is 6.71. The number of piperidine rings is 1. The number of benzene rings is 1. The van der Waals surface area contributed by atoms with Gasteiger partial charge in [-0.05, 0) is 50.9 Å². The molecule has 2 heterocycles. The van der Waals surface area contributed by atoms with Crippen LogP contribution in [0.25, 0.3) is 0 Å². The van der Waals surface area contributed by atoms with Gasteiger partial charge in [0.25, 0.3) is 0 Å². The molecule has 3 rings (SSSR count). The average molecular weight is 315 g/mol. The van der Waals surface area contributed by atoms with E-state index in [1.54, 1.807) is 4.90 Å². The van der Waals surface area contributed by atoms with Crippen molar-refractivity contribution in [2.45, 2.75) is 32.7 Å². The number of rotatable bonds is 4. The molecule has 1 aromatic carbocycles. The summed E-state index contributed by atoms with van der Waals surface area (Å²) in [4.78, 5) is 26.9. The first kappa shape index (κ1) is 16.0. The summed E-state index contributed by atoms with van der Waals surface area (Å²) in [6.45, 7) is 6.48. The van der Waals surface area contributed by atoms with Crippen molar-refractivity contribution in [2.24, 2.45) is 11.8 Å². The summed E-state index contributed by atoms with van der Waals surface area (Å²) in [5.41, 5.74) is 2.08. The van der Waals surface area contributed by atoms with E-state index in [2.05, 4.69) is 10.6 Å². The first-order valence-corrected chi connectivity index (χ1v) is 8.45. The fourth-order valence-corrected chi connectivity index (χ4v) is 3.17. The van der Waals surface area contributed by atoms with Gasteiger partial charge in [0.1, 0.15) is 6.04 Å². The molecule has 0 aliphatic carbocycles. The van der Waals surface area contributed by atoms with E-state index in [-0.39, 0.29) is 17.7 Å². The Hall–Kier alpha value is -1.88. The maximum Gasteiger partial charge on any atom is 0.249 e. The SMILES string of the molecule is Cc1ccc(N2CCCC(NC(=O)C(C)C3CNC3)C2=O)cc1. The van der Waals surface area contributed by atoms with Crippen molar-refractivity contribution in [3.8, 4) is 0 Å².